The number of halogens is 1. The third-order valence-electron chi connectivity index (χ3n) is 7.04. The molecule has 2 atom stereocenters. The Bertz CT molecular complexity index is 1030. The van der Waals surface area contributed by atoms with Gasteiger partial charge in [0.25, 0.3) is 0 Å². The van der Waals surface area contributed by atoms with E-state index in [4.69, 9.17) is 11.6 Å². The molecule has 0 saturated heterocycles. The van der Waals surface area contributed by atoms with Crippen LogP contribution in [0.4, 0.5) is 5.69 Å². The van der Waals surface area contributed by atoms with Gasteiger partial charge in [0, 0.05) is 30.7 Å². The van der Waals surface area contributed by atoms with Gasteiger partial charge in [-0.05, 0) is 85.7 Å². The molecule has 156 valence electrons. The van der Waals surface area contributed by atoms with E-state index in [1.54, 1.807) is 0 Å². The van der Waals surface area contributed by atoms with Crippen molar-refractivity contribution in [2.45, 2.75) is 44.1 Å². The quantitative estimate of drug-likeness (QED) is 0.671. The Labute approximate surface area is 184 Å². The predicted molar refractivity (Wildman–Crippen MR) is 125 cm³/mol. The summed E-state index contributed by atoms with van der Waals surface area (Å²) in [5.41, 5.74) is 7.99. The lowest BCUT2D eigenvalue weighted by atomic mass is 9.74. The fourth-order valence-electron chi connectivity index (χ4n) is 5.37. The fourth-order valence-corrected chi connectivity index (χ4v) is 5.55. The molecule has 0 radical (unpaired) electrons. The van der Waals surface area contributed by atoms with Gasteiger partial charge in [0.1, 0.15) is 5.75 Å². The molecule has 0 fully saturated rings. The Morgan fingerprint density at radius 3 is 2.80 bits per heavy atom. The number of likely N-dealkylation sites (N-methyl/N-ethyl adjacent to an activating group) is 1. The van der Waals surface area contributed by atoms with E-state index in [9.17, 15) is 5.11 Å². The monoisotopic (exact) mass is 420 g/mol. The minimum absolute atomic E-state index is 0.193. The van der Waals surface area contributed by atoms with Crippen LogP contribution in [0, 0.1) is 0 Å². The van der Waals surface area contributed by atoms with Crippen LogP contribution in [0.2, 0.25) is 5.02 Å². The molecular weight excluding hydrogens is 392 g/mol. The van der Waals surface area contributed by atoms with Crippen molar-refractivity contribution in [1.29, 1.82) is 0 Å². The summed E-state index contributed by atoms with van der Waals surface area (Å²) >= 11 is 6.25. The first-order valence-electron chi connectivity index (χ1n) is 11.0. The SMILES string of the molecule is CN1CCc2cc(Cl)c(O)cc2[C@H]2c3ccc(NCC4=CC=CCC4)cc3CC[C@@H]21. The minimum atomic E-state index is 0.193. The van der Waals surface area contributed by atoms with Gasteiger partial charge in [-0.3, -0.25) is 0 Å². The van der Waals surface area contributed by atoms with E-state index in [0.717, 1.165) is 45.2 Å². The highest BCUT2D eigenvalue weighted by molar-refractivity contribution is 6.32. The second kappa shape index (κ2) is 8.13. The van der Waals surface area contributed by atoms with E-state index in [2.05, 4.69) is 53.7 Å². The average Bonchev–Trinajstić information content (AvgIpc) is 2.90. The Balaban J connectivity index is 1.48. The highest BCUT2D eigenvalue weighted by atomic mass is 35.5. The van der Waals surface area contributed by atoms with Crippen molar-refractivity contribution in [1.82, 2.24) is 4.90 Å². The maximum Gasteiger partial charge on any atom is 0.134 e. The molecule has 1 aliphatic heterocycles. The normalized spacial score (nSPS) is 23.1. The molecule has 0 saturated carbocycles. The molecule has 3 aliphatic rings. The lowest BCUT2D eigenvalue weighted by Crippen LogP contribution is -2.39. The first-order chi connectivity index (χ1) is 14.6. The predicted octanol–water partition coefficient (Wildman–Crippen LogP) is 5.67. The minimum Gasteiger partial charge on any atom is -0.506 e. The smallest absolute Gasteiger partial charge is 0.134 e. The zero-order chi connectivity index (χ0) is 20.7. The Morgan fingerprint density at radius 2 is 1.97 bits per heavy atom. The summed E-state index contributed by atoms with van der Waals surface area (Å²) in [7, 11) is 2.23. The Morgan fingerprint density at radius 1 is 1.10 bits per heavy atom. The number of anilines is 1. The van der Waals surface area contributed by atoms with E-state index in [1.807, 2.05) is 12.1 Å². The summed E-state index contributed by atoms with van der Waals surface area (Å²) in [6, 6.07) is 11.2. The van der Waals surface area contributed by atoms with Gasteiger partial charge in [-0.1, -0.05) is 41.5 Å². The van der Waals surface area contributed by atoms with Crippen LogP contribution in [0.1, 0.15) is 47.4 Å². The van der Waals surface area contributed by atoms with Crippen molar-refractivity contribution in [2.24, 2.45) is 0 Å². The van der Waals surface area contributed by atoms with Crippen LogP contribution in [-0.2, 0) is 12.8 Å². The summed E-state index contributed by atoms with van der Waals surface area (Å²) < 4.78 is 0. The molecule has 0 unspecified atom stereocenters. The topological polar surface area (TPSA) is 35.5 Å². The van der Waals surface area contributed by atoms with E-state index in [1.165, 1.54) is 33.5 Å². The van der Waals surface area contributed by atoms with Crippen molar-refractivity contribution in [3.63, 3.8) is 0 Å². The largest absolute Gasteiger partial charge is 0.506 e. The first-order valence-corrected chi connectivity index (χ1v) is 11.4. The van der Waals surface area contributed by atoms with Gasteiger partial charge in [0.2, 0.25) is 0 Å². The van der Waals surface area contributed by atoms with E-state index >= 15 is 0 Å². The number of phenolic OH excluding ortho intramolecular Hbond substituents is 1. The number of rotatable bonds is 3. The van der Waals surface area contributed by atoms with E-state index < -0.39 is 0 Å². The summed E-state index contributed by atoms with van der Waals surface area (Å²) in [5, 5.41) is 14.4. The Kier molecular flexibility index (Phi) is 5.34. The zero-order valence-electron chi connectivity index (χ0n) is 17.5. The standard InChI is InChI=1S/C26H29ClN2O/c1-29-12-11-19-14-23(27)25(30)15-22(19)26-21-9-8-20(13-18(21)7-10-24(26)29)28-16-17-5-3-2-4-6-17/h2-3,5,8-9,13-15,24,26,28,30H,4,6-7,10-12,16H2,1H3/t24-,26+/m0/s1. The first kappa shape index (κ1) is 19.7. The molecule has 4 heteroatoms. The van der Waals surface area contributed by atoms with Gasteiger partial charge >= 0.3 is 0 Å². The third-order valence-corrected chi connectivity index (χ3v) is 7.34. The van der Waals surface area contributed by atoms with Crippen LogP contribution in [0.25, 0.3) is 0 Å². The number of aryl methyl sites for hydroxylation is 1. The molecule has 30 heavy (non-hydrogen) atoms. The number of nitrogens with zero attached hydrogens (tertiary/aromatic N) is 1. The van der Waals surface area contributed by atoms with Gasteiger partial charge in [-0.25, -0.2) is 0 Å². The lowest BCUT2D eigenvalue weighted by molar-refractivity contribution is 0.214. The van der Waals surface area contributed by atoms with Crippen LogP contribution >= 0.6 is 11.6 Å². The number of allylic oxidation sites excluding steroid dienone is 3. The van der Waals surface area contributed by atoms with Gasteiger partial charge in [-0.15, -0.1) is 0 Å². The summed E-state index contributed by atoms with van der Waals surface area (Å²) in [4.78, 5) is 2.49. The molecule has 0 amide bonds. The zero-order valence-corrected chi connectivity index (χ0v) is 18.3. The second-order valence-corrected chi connectivity index (χ2v) is 9.28. The maximum atomic E-state index is 10.3. The molecule has 1 heterocycles. The van der Waals surface area contributed by atoms with Gasteiger partial charge in [0.15, 0.2) is 0 Å². The third kappa shape index (κ3) is 3.66. The molecule has 2 aromatic carbocycles. The second-order valence-electron chi connectivity index (χ2n) is 8.88. The molecular formula is C26H29ClN2O. The number of phenols is 1. The molecule has 3 nitrogen and oxygen atoms in total. The van der Waals surface area contributed by atoms with Crippen LogP contribution in [0.15, 0.2) is 54.1 Å². The highest BCUT2D eigenvalue weighted by Gasteiger charge is 2.36. The molecule has 0 spiro atoms. The number of nitrogens with one attached hydrogen (secondary N) is 1. The number of benzene rings is 2. The maximum absolute atomic E-state index is 10.3. The lowest BCUT2D eigenvalue weighted by Gasteiger charge is -2.38. The number of hydrogen-bond donors (Lipinski definition) is 2. The van der Waals surface area contributed by atoms with Crippen LogP contribution < -0.4 is 5.32 Å². The summed E-state index contributed by atoms with van der Waals surface area (Å²) in [5.74, 6) is 0.471. The number of fused-ring (bicyclic) bond motifs is 5. The van der Waals surface area contributed by atoms with Crippen LogP contribution in [-0.4, -0.2) is 36.2 Å². The summed E-state index contributed by atoms with van der Waals surface area (Å²) in [6.45, 7) is 1.93. The van der Waals surface area contributed by atoms with Crippen molar-refractivity contribution < 1.29 is 5.11 Å². The van der Waals surface area contributed by atoms with Gasteiger partial charge in [0.05, 0.1) is 5.02 Å². The van der Waals surface area contributed by atoms with Gasteiger partial charge < -0.3 is 15.3 Å². The molecule has 2 N–H and O–H groups in total. The van der Waals surface area contributed by atoms with E-state index in [0.29, 0.717) is 11.1 Å². The molecule has 2 aliphatic carbocycles. The average molecular weight is 421 g/mol. The molecule has 5 rings (SSSR count). The van der Waals surface area contributed by atoms with Crippen LogP contribution in [0.3, 0.4) is 0 Å². The van der Waals surface area contributed by atoms with Crippen molar-refractivity contribution in [3.8, 4) is 5.75 Å². The molecule has 2 aromatic rings. The number of hydrogen-bond acceptors (Lipinski definition) is 3. The van der Waals surface area contributed by atoms with Crippen molar-refractivity contribution in [2.75, 3.05) is 25.5 Å². The fraction of sp³-hybridized carbons (Fsp3) is 0.385. The van der Waals surface area contributed by atoms with Crippen molar-refractivity contribution >= 4 is 17.3 Å². The molecule has 0 bridgehead atoms. The Hall–Kier alpha value is -2.23. The highest BCUT2D eigenvalue weighted by Crippen LogP contribution is 2.45. The van der Waals surface area contributed by atoms with Crippen molar-refractivity contribution in [3.05, 3.63) is 81.4 Å². The van der Waals surface area contributed by atoms with E-state index in [-0.39, 0.29) is 11.7 Å². The van der Waals surface area contributed by atoms with Crippen LogP contribution in [0.5, 0.6) is 5.75 Å². The summed E-state index contributed by atoms with van der Waals surface area (Å²) in [6.07, 6.45) is 12.1. The van der Waals surface area contributed by atoms with Gasteiger partial charge in [-0.2, -0.15) is 0 Å². The number of aromatic hydroxyl groups is 1. The molecule has 0 aromatic heterocycles.